The summed E-state index contributed by atoms with van der Waals surface area (Å²) in [5.74, 6) is 0. The van der Waals surface area contributed by atoms with Crippen molar-refractivity contribution in [2.24, 2.45) is 0 Å². The van der Waals surface area contributed by atoms with Crippen LogP contribution in [0.4, 0.5) is 0 Å². The monoisotopic (exact) mass is 902 g/mol. The zero-order valence-electron chi connectivity index (χ0n) is 21.1. The van der Waals surface area contributed by atoms with Crippen LogP contribution in [0.15, 0.2) is 37.0 Å². The maximum Gasteiger partial charge on any atom is 0.339 e. The molecule has 0 bridgehead atoms. The number of hydrogen-bond acceptors (Lipinski definition) is 10. The van der Waals surface area contributed by atoms with Gasteiger partial charge in [-0.1, -0.05) is 44.0 Å². The van der Waals surface area contributed by atoms with Crippen LogP contribution in [-0.2, 0) is 103 Å². The van der Waals surface area contributed by atoms with Crippen molar-refractivity contribution in [2.75, 3.05) is 0 Å². The fourth-order valence-electron chi connectivity index (χ4n) is 2.70. The molecule has 6 aromatic rings. The van der Waals surface area contributed by atoms with E-state index in [1.807, 2.05) is 13.8 Å². The Balaban J connectivity index is 0.000000524. The van der Waals surface area contributed by atoms with E-state index in [-0.39, 0.29) is 109 Å². The molecule has 11 nitrogen and oxygen atoms in total. The van der Waals surface area contributed by atoms with Gasteiger partial charge >= 0.3 is 5.20 Å². The van der Waals surface area contributed by atoms with Crippen LogP contribution in [0.25, 0.3) is 33.3 Å². The maximum atomic E-state index is 11.0. The second kappa shape index (κ2) is 19.2. The van der Waals surface area contributed by atoms with Gasteiger partial charge < -0.3 is 33.2 Å². The quantitative estimate of drug-likeness (QED) is 0.0928. The number of nitrogens with one attached hydrogen (secondary N) is 1. The molecule has 0 fully saturated rings. The summed E-state index contributed by atoms with van der Waals surface area (Å²) in [6.45, 7) is 5.50. The Morgan fingerprint density at radius 3 is 1.37 bits per heavy atom. The van der Waals surface area contributed by atoms with E-state index in [2.05, 4.69) is 82.4 Å². The van der Waals surface area contributed by atoms with Crippen molar-refractivity contribution in [3.05, 3.63) is 75.1 Å². The van der Waals surface area contributed by atoms with Crippen LogP contribution in [0.5, 0.6) is 0 Å². The Bertz CT molecular complexity index is 1720. The van der Waals surface area contributed by atoms with Gasteiger partial charge in [0.1, 0.15) is 23.0 Å². The van der Waals surface area contributed by atoms with Gasteiger partial charge in [0.15, 0.2) is 0 Å². The van der Waals surface area contributed by atoms with E-state index in [9.17, 15) is 9.36 Å². The van der Waals surface area contributed by atoms with Crippen molar-refractivity contribution in [2.45, 2.75) is 20.8 Å². The molecule has 0 spiro atoms. The van der Waals surface area contributed by atoms with Crippen LogP contribution < -0.4 is 5.56 Å². The average molecular weight is 904 g/mol. The standard InChI is InChI=1S/2C7H4ClN2O.C7H5N2O2.Cl3OP.3Y/c2*1-4-2-11-6-5(4)9-3-10-7(6)8;1-4-2-11-6-5(4)8-3-9-7(6)10;1-5(2,3)4;;;/h2*3H,1H3;3H,1H3,(H,8,9,10);;;;/q3*-1;;;;. The molecule has 20 heteroatoms. The first-order chi connectivity index (χ1) is 17.9. The number of aromatic amines is 1. The third-order valence-corrected chi connectivity index (χ3v) is 4.85. The van der Waals surface area contributed by atoms with Crippen molar-refractivity contribution < 1.29 is 116 Å². The van der Waals surface area contributed by atoms with Crippen LogP contribution in [0.3, 0.4) is 0 Å². The van der Waals surface area contributed by atoms with Crippen LogP contribution in [0, 0.1) is 39.6 Å². The van der Waals surface area contributed by atoms with Crippen LogP contribution in [0.2, 0.25) is 10.3 Å². The van der Waals surface area contributed by atoms with E-state index in [0.717, 1.165) is 27.7 Å². The average Bonchev–Trinajstić information content (AvgIpc) is 3.54. The second-order valence-electron chi connectivity index (χ2n) is 6.98. The van der Waals surface area contributed by atoms with Gasteiger partial charge in [-0.05, 0) is 69.1 Å². The summed E-state index contributed by atoms with van der Waals surface area (Å²) in [6, 6.07) is 0. The molecule has 0 atom stereocenters. The molecule has 3 radical (unpaired) electrons. The van der Waals surface area contributed by atoms with Gasteiger partial charge in [-0.2, -0.15) is 0 Å². The third-order valence-electron chi connectivity index (χ3n) is 4.32. The van der Waals surface area contributed by atoms with E-state index < -0.39 is 5.20 Å². The summed E-state index contributed by atoms with van der Waals surface area (Å²) < 4.78 is 24.4. The summed E-state index contributed by atoms with van der Waals surface area (Å²) in [4.78, 5) is 32.8. The van der Waals surface area contributed by atoms with E-state index in [1.54, 1.807) is 6.92 Å². The van der Waals surface area contributed by atoms with Crippen LogP contribution in [-0.4, -0.2) is 29.9 Å². The summed E-state index contributed by atoms with van der Waals surface area (Å²) in [5.41, 5.74) is 5.48. The number of aromatic nitrogens is 6. The summed E-state index contributed by atoms with van der Waals surface area (Å²) in [7, 11) is 0. The zero-order chi connectivity index (χ0) is 28.0. The predicted octanol–water partition coefficient (Wildman–Crippen LogP) is 7.40. The smallest absolute Gasteiger partial charge is 0.339 e. The number of nitrogens with zero attached hydrogens (tertiary/aromatic N) is 5. The van der Waals surface area contributed by atoms with E-state index in [4.69, 9.17) is 36.5 Å². The van der Waals surface area contributed by atoms with Gasteiger partial charge in [-0.25, -0.2) is 9.97 Å². The molecule has 0 aliphatic heterocycles. The van der Waals surface area contributed by atoms with Gasteiger partial charge in [-0.15, -0.1) is 16.7 Å². The minimum Gasteiger partial charge on any atom is -0.586 e. The van der Waals surface area contributed by atoms with Crippen molar-refractivity contribution in [3.63, 3.8) is 0 Å². The van der Waals surface area contributed by atoms with E-state index >= 15 is 0 Å². The minimum atomic E-state index is -3.22. The first kappa shape index (κ1) is 41.7. The fraction of sp³-hybridized carbons (Fsp3) is 0.143. The van der Waals surface area contributed by atoms with E-state index in [1.165, 1.54) is 19.0 Å². The Hall–Kier alpha value is 0.652. The van der Waals surface area contributed by atoms with Gasteiger partial charge in [0, 0.05) is 109 Å². The number of hydrogen-bond donors (Lipinski definition) is 1. The Labute approximate surface area is 332 Å². The maximum absolute atomic E-state index is 11.0. The number of halogens is 5. The molecule has 41 heavy (non-hydrogen) atoms. The van der Waals surface area contributed by atoms with Crippen molar-refractivity contribution in [1.29, 1.82) is 0 Å². The molecule has 0 unspecified atom stereocenters. The third kappa shape index (κ3) is 12.5. The van der Waals surface area contributed by atoms with E-state index in [0.29, 0.717) is 27.0 Å². The fourth-order valence-corrected chi connectivity index (χ4v) is 3.04. The van der Waals surface area contributed by atoms with Crippen LogP contribution in [0.1, 0.15) is 16.7 Å². The molecule has 0 aliphatic carbocycles. The summed E-state index contributed by atoms with van der Waals surface area (Å²) >= 11 is 25.3. The molecular weight excluding hydrogens is 891 g/mol. The van der Waals surface area contributed by atoms with Crippen molar-refractivity contribution in [3.8, 4) is 0 Å². The molecule has 0 aliphatic rings. The number of furan rings is 3. The molecule has 0 saturated heterocycles. The number of fused-ring (bicyclic) bond motifs is 3. The summed E-state index contributed by atoms with van der Waals surface area (Å²) in [5, 5.41) is -2.56. The first-order valence-electron chi connectivity index (χ1n) is 9.94. The zero-order valence-corrected chi connectivity index (χ0v) is 34.3. The van der Waals surface area contributed by atoms with Gasteiger partial charge in [0.05, 0.1) is 11.9 Å². The summed E-state index contributed by atoms with van der Waals surface area (Å²) in [6.07, 6.45) is 12.0. The predicted molar refractivity (Wildman–Crippen MR) is 144 cm³/mol. The topological polar surface area (TPSA) is 154 Å². The van der Waals surface area contributed by atoms with Crippen molar-refractivity contribution in [1.82, 2.24) is 29.9 Å². The number of H-pyrrole nitrogens is 1. The van der Waals surface area contributed by atoms with Gasteiger partial charge in [-0.3, -0.25) is 9.36 Å². The normalized spacial score (nSPS) is 10.0. The van der Waals surface area contributed by atoms with Gasteiger partial charge in [0.25, 0.3) is 0 Å². The van der Waals surface area contributed by atoms with Gasteiger partial charge in [0.2, 0.25) is 5.56 Å². The largest absolute Gasteiger partial charge is 0.586 e. The molecule has 6 aromatic heterocycles. The molecular formula is C21H13Cl5N6O5PY3-3. The number of aryl methyl sites for hydroxylation is 3. The molecule has 1 N–H and O–H groups in total. The second-order valence-corrected chi connectivity index (χ2v) is 14.3. The first-order valence-corrected chi connectivity index (χ1v) is 15.1. The van der Waals surface area contributed by atoms with Crippen LogP contribution >= 0.6 is 62.1 Å². The molecule has 6 heterocycles. The Kier molecular flexibility index (Phi) is 19.5. The molecule has 0 aromatic carbocycles. The molecule has 0 amide bonds. The van der Waals surface area contributed by atoms with Crippen molar-refractivity contribution >= 4 is 95.4 Å². The molecule has 209 valence electrons. The molecule has 0 saturated carbocycles. The molecule has 6 rings (SSSR count). The number of rotatable bonds is 0. The Morgan fingerprint density at radius 2 is 1.02 bits per heavy atom. The minimum absolute atomic E-state index is 0. The Morgan fingerprint density at radius 1 is 0.683 bits per heavy atom. The SMILES string of the molecule is Cc1[c-]oc2c(=O)[nH]cnc12.Cc1[c-]oc2c(Cl)ncnc12.Cc1[c-]oc2c(Cl)ncnc12.O=P(Cl)(Cl)Cl.[Y].[Y].[Y].